The smallest absolute Gasteiger partial charge is 0.244 e. The van der Waals surface area contributed by atoms with E-state index >= 15 is 0 Å². The Hall–Kier alpha value is -0.500. The zero-order valence-electron chi connectivity index (χ0n) is 11.9. The second-order valence-corrected chi connectivity index (χ2v) is 8.04. The van der Waals surface area contributed by atoms with Gasteiger partial charge in [-0.3, -0.25) is 0 Å². The molecule has 20 heavy (non-hydrogen) atoms. The topological polar surface area (TPSA) is 71.3 Å². The molecule has 0 radical (unpaired) electrons. The highest BCUT2D eigenvalue weighted by atomic mass is 32.2. The molecular weight excluding hydrogens is 296 g/mol. The van der Waals surface area contributed by atoms with E-state index in [9.17, 15) is 8.42 Å². The Morgan fingerprint density at radius 1 is 1.50 bits per heavy atom. The predicted octanol–water partition coefficient (Wildman–Crippen LogP) is 1.87. The first-order valence-electron chi connectivity index (χ1n) is 6.94. The summed E-state index contributed by atoms with van der Waals surface area (Å²) in [5.74, 6) is 2.23. The van der Waals surface area contributed by atoms with E-state index in [1.54, 1.807) is 13.0 Å². The van der Waals surface area contributed by atoms with Crippen LogP contribution in [-0.4, -0.2) is 32.5 Å². The minimum absolute atomic E-state index is 0.258. The van der Waals surface area contributed by atoms with Gasteiger partial charge in [-0.1, -0.05) is 6.92 Å². The third-order valence-electron chi connectivity index (χ3n) is 3.29. The summed E-state index contributed by atoms with van der Waals surface area (Å²) < 4.78 is 32.8. The van der Waals surface area contributed by atoms with Crippen LogP contribution in [0, 0.1) is 6.92 Å². The fourth-order valence-corrected chi connectivity index (χ4v) is 4.80. The van der Waals surface area contributed by atoms with E-state index in [4.69, 9.17) is 4.42 Å². The van der Waals surface area contributed by atoms with E-state index in [0.29, 0.717) is 29.9 Å². The van der Waals surface area contributed by atoms with Gasteiger partial charge < -0.3 is 9.73 Å². The molecule has 0 bridgehead atoms. The van der Waals surface area contributed by atoms with Crippen molar-refractivity contribution >= 4 is 21.8 Å². The van der Waals surface area contributed by atoms with Crippen molar-refractivity contribution in [2.45, 2.75) is 43.4 Å². The Bertz CT molecular complexity index is 534. The number of hydrogen-bond acceptors (Lipinski definition) is 5. The molecule has 5 nitrogen and oxygen atoms in total. The lowest BCUT2D eigenvalue weighted by Crippen LogP contribution is -2.30. The third kappa shape index (κ3) is 4.00. The lowest BCUT2D eigenvalue weighted by Gasteiger charge is -2.10. The molecule has 7 heteroatoms. The highest BCUT2D eigenvalue weighted by molar-refractivity contribution is 8.00. The summed E-state index contributed by atoms with van der Waals surface area (Å²) in [5, 5.41) is 3.52. The molecule has 1 aliphatic rings. The van der Waals surface area contributed by atoms with Gasteiger partial charge in [0.1, 0.15) is 16.4 Å². The lowest BCUT2D eigenvalue weighted by atomic mass is 10.2. The standard InChI is InChI=1S/C13H22N2O3S2/c1-3-14-8-11-7-13(10(2)18-11)20(16,17)15-9-12-5-4-6-19-12/h7,12,14-15H,3-6,8-9H2,1-2H3. The van der Waals surface area contributed by atoms with Crippen LogP contribution in [0.25, 0.3) is 0 Å². The molecule has 0 aromatic carbocycles. The maximum absolute atomic E-state index is 12.3. The van der Waals surface area contributed by atoms with Crippen molar-refractivity contribution in [3.8, 4) is 0 Å². The summed E-state index contributed by atoms with van der Waals surface area (Å²) in [6, 6.07) is 1.61. The second-order valence-electron chi connectivity index (χ2n) is 4.90. The van der Waals surface area contributed by atoms with Crippen LogP contribution in [0.15, 0.2) is 15.4 Å². The van der Waals surface area contributed by atoms with Gasteiger partial charge in [-0.25, -0.2) is 13.1 Å². The first-order valence-corrected chi connectivity index (χ1v) is 9.47. The van der Waals surface area contributed by atoms with E-state index in [2.05, 4.69) is 10.0 Å². The van der Waals surface area contributed by atoms with Crippen molar-refractivity contribution in [2.75, 3.05) is 18.8 Å². The van der Waals surface area contributed by atoms with Crippen LogP contribution in [0.4, 0.5) is 0 Å². The lowest BCUT2D eigenvalue weighted by molar-refractivity contribution is 0.460. The minimum atomic E-state index is -3.47. The Balaban J connectivity index is 2.02. The van der Waals surface area contributed by atoms with Crippen molar-refractivity contribution in [2.24, 2.45) is 0 Å². The molecule has 2 heterocycles. The van der Waals surface area contributed by atoms with Gasteiger partial charge in [0.05, 0.1) is 6.54 Å². The molecule has 1 aromatic heterocycles. The SMILES string of the molecule is CCNCc1cc(S(=O)(=O)NCC2CCCS2)c(C)o1. The van der Waals surface area contributed by atoms with Crippen LogP contribution < -0.4 is 10.0 Å². The van der Waals surface area contributed by atoms with E-state index in [0.717, 1.165) is 18.7 Å². The molecular formula is C13H22N2O3S2. The van der Waals surface area contributed by atoms with Crippen molar-refractivity contribution in [3.05, 3.63) is 17.6 Å². The molecule has 0 aliphatic carbocycles. The molecule has 1 unspecified atom stereocenters. The molecule has 2 rings (SSSR count). The molecule has 1 aromatic rings. The van der Waals surface area contributed by atoms with E-state index < -0.39 is 10.0 Å². The van der Waals surface area contributed by atoms with E-state index in [1.165, 1.54) is 6.42 Å². The summed E-state index contributed by atoms with van der Waals surface area (Å²) in [6.45, 7) is 5.55. The van der Waals surface area contributed by atoms with Crippen LogP contribution >= 0.6 is 11.8 Å². The molecule has 1 fully saturated rings. The van der Waals surface area contributed by atoms with Crippen molar-refractivity contribution in [1.82, 2.24) is 10.0 Å². The summed E-state index contributed by atoms with van der Waals surface area (Å²) in [4.78, 5) is 0.258. The highest BCUT2D eigenvalue weighted by Crippen LogP contribution is 2.26. The van der Waals surface area contributed by atoms with Crippen molar-refractivity contribution in [1.29, 1.82) is 0 Å². The van der Waals surface area contributed by atoms with Crippen LogP contribution in [-0.2, 0) is 16.6 Å². The van der Waals surface area contributed by atoms with Gasteiger partial charge >= 0.3 is 0 Å². The van der Waals surface area contributed by atoms with Gasteiger partial charge in [0.2, 0.25) is 10.0 Å². The number of thioether (sulfide) groups is 1. The van der Waals surface area contributed by atoms with E-state index in [1.807, 2.05) is 18.7 Å². The third-order valence-corrected chi connectivity index (χ3v) is 6.22. The maximum Gasteiger partial charge on any atom is 0.244 e. The maximum atomic E-state index is 12.3. The largest absolute Gasteiger partial charge is 0.464 e. The van der Waals surface area contributed by atoms with Gasteiger partial charge in [0, 0.05) is 17.9 Å². The Morgan fingerprint density at radius 2 is 2.30 bits per heavy atom. The highest BCUT2D eigenvalue weighted by Gasteiger charge is 2.23. The monoisotopic (exact) mass is 318 g/mol. The average molecular weight is 318 g/mol. The van der Waals surface area contributed by atoms with Crippen molar-refractivity contribution in [3.63, 3.8) is 0 Å². The average Bonchev–Trinajstić information content (AvgIpc) is 3.03. The first kappa shape index (κ1) is 15.9. The fraction of sp³-hybridized carbons (Fsp3) is 0.692. The molecule has 114 valence electrons. The van der Waals surface area contributed by atoms with Gasteiger partial charge in [0.15, 0.2) is 0 Å². The summed E-state index contributed by atoms with van der Waals surface area (Å²) in [6.07, 6.45) is 2.26. The Labute approximate surface area is 124 Å². The number of nitrogens with one attached hydrogen (secondary N) is 2. The number of rotatable bonds is 7. The van der Waals surface area contributed by atoms with Gasteiger partial charge in [-0.15, -0.1) is 0 Å². The van der Waals surface area contributed by atoms with Gasteiger partial charge in [-0.2, -0.15) is 11.8 Å². The first-order chi connectivity index (χ1) is 9.53. The summed E-state index contributed by atoms with van der Waals surface area (Å²) >= 11 is 1.84. The number of sulfonamides is 1. The van der Waals surface area contributed by atoms with Crippen LogP contribution in [0.2, 0.25) is 0 Å². The Morgan fingerprint density at radius 3 is 2.95 bits per heavy atom. The molecule has 2 N–H and O–H groups in total. The second kappa shape index (κ2) is 6.98. The number of aryl methyl sites for hydroxylation is 1. The zero-order chi connectivity index (χ0) is 14.6. The summed E-state index contributed by atoms with van der Waals surface area (Å²) in [5.41, 5.74) is 0. The molecule has 0 spiro atoms. The zero-order valence-corrected chi connectivity index (χ0v) is 13.6. The minimum Gasteiger partial charge on any atom is -0.464 e. The predicted molar refractivity (Wildman–Crippen MR) is 81.5 cm³/mol. The van der Waals surface area contributed by atoms with Crippen LogP contribution in [0.5, 0.6) is 0 Å². The van der Waals surface area contributed by atoms with Crippen LogP contribution in [0.3, 0.4) is 0 Å². The molecule has 1 saturated heterocycles. The number of hydrogen-bond donors (Lipinski definition) is 2. The molecule has 0 saturated carbocycles. The fourth-order valence-electron chi connectivity index (χ4n) is 2.21. The summed E-state index contributed by atoms with van der Waals surface area (Å²) in [7, 11) is -3.47. The quantitative estimate of drug-likeness (QED) is 0.803. The van der Waals surface area contributed by atoms with Crippen molar-refractivity contribution < 1.29 is 12.8 Å². The van der Waals surface area contributed by atoms with Gasteiger partial charge in [0.25, 0.3) is 0 Å². The molecule has 1 aliphatic heterocycles. The van der Waals surface area contributed by atoms with Crippen LogP contribution in [0.1, 0.15) is 31.3 Å². The molecule has 0 amide bonds. The number of furan rings is 1. The normalized spacial score (nSPS) is 19.6. The molecule has 1 atom stereocenters. The van der Waals surface area contributed by atoms with E-state index in [-0.39, 0.29) is 4.90 Å². The van der Waals surface area contributed by atoms with Gasteiger partial charge in [-0.05, 0) is 32.1 Å². The Kier molecular flexibility index (Phi) is 5.54.